The predicted molar refractivity (Wildman–Crippen MR) is 98.7 cm³/mol. The van der Waals surface area contributed by atoms with Gasteiger partial charge in [0, 0.05) is 25.8 Å². The second-order valence-electron chi connectivity index (χ2n) is 6.03. The monoisotopic (exact) mass is 394 g/mol. The number of carbonyl (C=O) groups excluding carboxylic acids is 2. The molecule has 0 saturated carbocycles. The van der Waals surface area contributed by atoms with Gasteiger partial charge in [0.05, 0.1) is 12.1 Å². The zero-order chi connectivity index (χ0) is 20.6. The standard InChI is InChI=1S/C20H21F3N2O3/c1-28-11-3-10-24-18(26)13-25-19(27)15-8-6-14(7-9-15)16-4-2-5-17(12-16)20(21,22)23/h2,4-9,12H,3,10-11,13H2,1H3,(H,24,26)(H,25,27). The van der Waals surface area contributed by atoms with E-state index in [4.69, 9.17) is 4.74 Å². The average molecular weight is 394 g/mol. The van der Waals surface area contributed by atoms with Crippen molar-refractivity contribution in [2.45, 2.75) is 12.6 Å². The van der Waals surface area contributed by atoms with Crippen molar-refractivity contribution in [1.29, 1.82) is 0 Å². The number of nitrogens with one attached hydrogen (secondary N) is 2. The first-order valence-electron chi connectivity index (χ1n) is 8.63. The third-order valence-electron chi connectivity index (χ3n) is 3.93. The Morgan fingerprint density at radius 2 is 1.71 bits per heavy atom. The Morgan fingerprint density at radius 1 is 1.00 bits per heavy atom. The van der Waals surface area contributed by atoms with Crippen LogP contribution in [-0.4, -0.2) is 38.6 Å². The molecular weight excluding hydrogens is 373 g/mol. The largest absolute Gasteiger partial charge is 0.416 e. The van der Waals surface area contributed by atoms with Crippen LogP contribution in [0.2, 0.25) is 0 Å². The Balaban J connectivity index is 1.93. The lowest BCUT2D eigenvalue weighted by Crippen LogP contribution is -2.37. The van der Waals surface area contributed by atoms with E-state index in [1.165, 1.54) is 18.2 Å². The lowest BCUT2D eigenvalue weighted by Gasteiger charge is -2.10. The van der Waals surface area contributed by atoms with Crippen molar-refractivity contribution in [2.75, 3.05) is 26.8 Å². The number of hydrogen-bond donors (Lipinski definition) is 2. The zero-order valence-corrected chi connectivity index (χ0v) is 15.3. The normalized spacial score (nSPS) is 11.1. The van der Waals surface area contributed by atoms with E-state index in [-0.39, 0.29) is 12.5 Å². The van der Waals surface area contributed by atoms with E-state index in [0.29, 0.717) is 36.3 Å². The number of rotatable bonds is 8. The molecule has 2 aromatic carbocycles. The first kappa shape index (κ1) is 21.4. The molecular formula is C20H21F3N2O3. The van der Waals surface area contributed by atoms with Gasteiger partial charge >= 0.3 is 6.18 Å². The van der Waals surface area contributed by atoms with Gasteiger partial charge in [-0.15, -0.1) is 0 Å². The molecule has 2 amide bonds. The van der Waals surface area contributed by atoms with Crippen molar-refractivity contribution in [1.82, 2.24) is 10.6 Å². The van der Waals surface area contributed by atoms with Gasteiger partial charge in [0.25, 0.3) is 5.91 Å². The predicted octanol–water partition coefficient (Wildman–Crippen LogP) is 3.25. The van der Waals surface area contributed by atoms with E-state index in [1.807, 2.05) is 0 Å². The Morgan fingerprint density at radius 3 is 2.36 bits per heavy atom. The summed E-state index contributed by atoms with van der Waals surface area (Å²) >= 11 is 0. The Labute approximate surface area is 160 Å². The first-order chi connectivity index (χ1) is 13.3. The Hall–Kier alpha value is -2.87. The lowest BCUT2D eigenvalue weighted by atomic mass is 10.0. The summed E-state index contributed by atoms with van der Waals surface area (Å²) in [6.07, 6.45) is -3.74. The highest BCUT2D eigenvalue weighted by atomic mass is 19.4. The number of amides is 2. The molecule has 0 aromatic heterocycles. The molecule has 0 unspecified atom stereocenters. The molecule has 0 saturated heterocycles. The van der Waals surface area contributed by atoms with Crippen molar-refractivity contribution in [3.63, 3.8) is 0 Å². The van der Waals surface area contributed by atoms with Gasteiger partial charge in [-0.2, -0.15) is 13.2 Å². The molecule has 150 valence electrons. The fourth-order valence-electron chi connectivity index (χ4n) is 2.46. The van der Waals surface area contributed by atoms with Crippen molar-refractivity contribution in [3.05, 3.63) is 59.7 Å². The number of carbonyl (C=O) groups is 2. The van der Waals surface area contributed by atoms with Crippen LogP contribution >= 0.6 is 0 Å². The molecule has 2 aromatic rings. The molecule has 0 bridgehead atoms. The molecule has 28 heavy (non-hydrogen) atoms. The molecule has 0 radical (unpaired) electrons. The van der Waals surface area contributed by atoms with E-state index in [9.17, 15) is 22.8 Å². The smallest absolute Gasteiger partial charge is 0.385 e. The maximum absolute atomic E-state index is 12.8. The number of benzene rings is 2. The summed E-state index contributed by atoms with van der Waals surface area (Å²) in [5.41, 5.74) is 0.530. The van der Waals surface area contributed by atoms with Crippen LogP contribution in [0.5, 0.6) is 0 Å². The zero-order valence-electron chi connectivity index (χ0n) is 15.3. The van der Waals surface area contributed by atoms with Gasteiger partial charge in [-0.05, 0) is 41.8 Å². The molecule has 0 heterocycles. The highest BCUT2D eigenvalue weighted by molar-refractivity contribution is 5.96. The van der Waals surface area contributed by atoms with Crippen LogP contribution in [0.3, 0.4) is 0 Å². The molecule has 0 fully saturated rings. The van der Waals surface area contributed by atoms with Crippen molar-refractivity contribution < 1.29 is 27.5 Å². The first-order valence-corrected chi connectivity index (χ1v) is 8.63. The molecule has 2 rings (SSSR count). The van der Waals surface area contributed by atoms with Gasteiger partial charge in [-0.1, -0.05) is 24.3 Å². The summed E-state index contributed by atoms with van der Waals surface area (Å²) in [6.45, 7) is 0.820. The third kappa shape index (κ3) is 6.38. The van der Waals surface area contributed by atoms with Crippen molar-refractivity contribution >= 4 is 11.8 Å². The number of methoxy groups -OCH3 is 1. The number of hydrogen-bond acceptors (Lipinski definition) is 3. The maximum atomic E-state index is 12.8. The quantitative estimate of drug-likeness (QED) is 0.676. The molecule has 5 nitrogen and oxygen atoms in total. The summed E-state index contributed by atoms with van der Waals surface area (Å²) < 4.78 is 43.4. The summed E-state index contributed by atoms with van der Waals surface area (Å²) in [5.74, 6) is -0.757. The SMILES string of the molecule is COCCCNC(=O)CNC(=O)c1ccc(-c2cccc(C(F)(F)F)c2)cc1. The van der Waals surface area contributed by atoms with Gasteiger partial charge in [0.15, 0.2) is 0 Å². The summed E-state index contributed by atoms with van der Waals surface area (Å²) in [7, 11) is 1.57. The van der Waals surface area contributed by atoms with E-state index in [0.717, 1.165) is 12.1 Å². The molecule has 0 atom stereocenters. The van der Waals surface area contributed by atoms with E-state index in [2.05, 4.69) is 10.6 Å². The highest BCUT2D eigenvalue weighted by Crippen LogP contribution is 2.32. The summed E-state index contributed by atoms with van der Waals surface area (Å²) in [6, 6.07) is 11.1. The minimum Gasteiger partial charge on any atom is -0.385 e. The van der Waals surface area contributed by atoms with Gasteiger partial charge in [-0.25, -0.2) is 0 Å². The van der Waals surface area contributed by atoms with Gasteiger partial charge in [0.1, 0.15) is 0 Å². The molecule has 0 aliphatic carbocycles. The number of alkyl halides is 3. The van der Waals surface area contributed by atoms with Gasteiger partial charge in [0.2, 0.25) is 5.91 Å². The number of halogens is 3. The molecule has 0 spiro atoms. The third-order valence-corrected chi connectivity index (χ3v) is 3.93. The van der Waals surface area contributed by atoms with Crippen LogP contribution in [0, 0.1) is 0 Å². The van der Waals surface area contributed by atoms with Crippen molar-refractivity contribution in [2.24, 2.45) is 0 Å². The molecule has 0 aliphatic heterocycles. The average Bonchev–Trinajstić information content (AvgIpc) is 2.69. The second-order valence-corrected chi connectivity index (χ2v) is 6.03. The molecule has 8 heteroatoms. The van der Waals surface area contributed by atoms with Crippen LogP contribution in [0.25, 0.3) is 11.1 Å². The second kappa shape index (κ2) is 9.89. The van der Waals surface area contributed by atoms with E-state index < -0.39 is 17.6 Å². The maximum Gasteiger partial charge on any atom is 0.416 e. The van der Waals surface area contributed by atoms with Crippen LogP contribution in [0.4, 0.5) is 13.2 Å². The number of ether oxygens (including phenoxy) is 1. The minimum atomic E-state index is -4.42. The summed E-state index contributed by atoms with van der Waals surface area (Å²) in [5, 5.41) is 5.14. The van der Waals surface area contributed by atoms with Crippen LogP contribution < -0.4 is 10.6 Å². The fraction of sp³-hybridized carbons (Fsp3) is 0.300. The summed E-state index contributed by atoms with van der Waals surface area (Å²) in [4.78, 5) is 23.7. The van der Waals surface area contributed by atoms with Gasteiger partial charge in [-0.3, -0.25) is 9.59 Å². The Kier molecular flexibility index (Phi) is 7.57. The van der Waals surface area contributed by atoms with Gasteiger partial charge < -0.3 is 15.4 Å². The minimum absolute atomic E-state index is 0.165. The van der Waals surface area contributed by atoms with Crippen LogP contribution in [-0.2, 0) is 15.7 Å². The lowest BCUT2D eigenvalue weighted by molar-refractivity contribution is -0.137. The van der Waals surface area contributed by atoms with E-state index in [1.54, 1.807) is 25.3 Å². The fourth-order valence-corrected chi connectivity index (χ4v) is 2.46. The molecule has 0 aliphatic rings. The highest BCUT2D eigenvalue weighted by Gasteiger charge is 2.30. The van der Waals surface area contributed by atoms with Crippen molar-refractivity contribution in [3.8, 4) is 11.1 Å². The Bertz CT molecular complexity index is 805. The van der Waals surface area contributed by atoms with E-state index >= 15 is 0 Å². The topological polar surface area (TPSA) is 67.4 Å². The molecule has 2 N–H and O–H groups in total. The van der Waals surface area contributed by atoms with Crippen LogP contribution in [0.15, 0.2) is 48.5 Å². The van der Waals surface area contributed by atoms with Crippen LogP contribution in [0.1, 0.15) is 22.3 Å².